The molecule has 0 unspecified atom stereocenters. The Kier molecular flexibility index (Phi) is 2.50. The molecule has 0 fully saturated rings. The number of hydrogen-bond acceptors (Lipinski definition) is 5. The topological polar surface area (TPSA) is 111 Å². The fraction of sp³-hybridized carbons (Fsp3) is 0.167. The van der Waals surface area contributed by atoms with Crippen molar-refractivity contribution in [3.63, 3.8) is 0 Å². The van der Waals surface area contributed by atoms with E-state index < -0.39 is 10.0 Å². The van der Waals surface area contributed by atoms with Crippen LogP contribution in [0.4, 0.5) is 5.82 Å². The van der Waals surface area contributed by atoms with Crippen LogP contribution in [0.3, 0.4) is 0 Å². The third kappa shape index (κ3) is 2.14. The Morgan fingerprint density at radius 2 is 2.08 bits per heavy atom. The Balaban J connectivity index is 3.29. The van der Waals surface area contributed by atoms with Crippen molar-refractivity contribution in [2.45, 2.75) is 11.8 Å². The number of aromatic nitrogens is 1. The Hall–Kier alpha value is -1.18. The fourth-order valence-electron chi connectivity index (χ4n) is 0.929. The van der Waals surface area contributed by atoms with Gasteiger partial charge in [0.2, 0.25) is 10.0 Å². The maximum atomic E-state index is 10.9. The van der Waals surface area contributed by atoms with E-state index in [1.165, 1.54) is 12.1 Å². The largest absolute Gasteiger partial charge is 0.308 e. The zero-order chi connectivity index (χ0) is 10.1. The molecule has 1 aromatic rings. The summed E-state index contributed by atoms with van der Waals surface area (Å²) in [5.41, 5.74) is 2.62. The first-order valence-electron chi connectivity index (χ1n) is 3.42. The van der Waals surface area contributed by atoms with Gasteiger partial charge in [-0.25, -0.2) is 24.4 Å². The molecule has 0 saturated carbocycles. The summed E-state index contributed by atoms with van der Waals surface area (Å²) in [6.07, 6.45) is 0. The SMILES string of the molecule is Cc1nc(NN)ccc1S(N)(=O)=O. The fourth-order valence-corrected chi connectivity index (χ4v) is 1.64. The lowest BCUT2D eigenvalue weighted by Gasteiger charge is -2.04. The quantitative estimate of drug-likeness (QED) is 0.434. The summed E-state index contributed by atoms with van der Waals surface area (Å²) in [5.74, 6) is 5.48. The molecule has 0 atom stereocenters. The van der Waals surface area contributed by atoms with E-state index in [1.807, 2.05) is 0 Å². The number of hydrogen-bond donors (Lipinski definition) is 3. The number of nitrogens with two attached hydrogens (primary N) is 2. The van der Waals surface area contributed by atoms with Gasteiger partial charge in [-0.3, -0.25) is 0 Å². The zero-order valence-corrected chi connectivity index (χ0v) is 7.80. The number of nitrogens with one attached hydrogen (secondary N) is 1. The van der Waals surface area contributed by atoms with Crippen LogP contribution in [0.15, 0.2) is 17.0 Å². The molecule has 0 aromatic carbocycles. The standard InChI is InChI=1S/C6H10N4O2S/c1-4-5(13(8,11)12)2-3-6(9-4)10-7/h2-3H,7H2,1H3,(H,9,10)(H2,8,11,12). The minimum Gasteiger partial charge on any atom is -0.308 e. The highest BCUT2D eigenvalue weighted by molar-refractivity contribution is 7.89. The Morgan fingerprint density at radius 1 is 1.46 bits per heavy atom. The van der Waals surface area contributed by atoms with Crippen molar-refractivity contribution in [1.29, 1.82) is 0 Å². The molecule has 0 radical (unpaired) electrons. The van der Waals surface area contributed by atoms with E-state index in [2.05, 4.69) is 10.4 Å². The van der Waals surface area contributed by atoms with E-state index in [9.17, 15) is 8.42 Å². The Morgan fingerprint density at radius 3 is 2.46 bits per heavy atom. The number of anilines is 1. The van der Waals surface area contributed by atoms with Gasteiger partial charge in [-0.1, -0.05) is 0 Å². The summed E-state index contributed by atoms with van der Waals surface area (Å²) in [4.78, 5) is 3.87. The lowest BCUT2D eigenvalue weighted by atomic mass is 10.4. The van der Waals surface area contributed by atoms with Gasteiger partial charge >= 0.3 is 0 Å². The van der Waals surface area contributed by atoms with Crippen molar-refractivity contribution in [3.8, 4) is 0 Å². The van der Waals surface area contributed by atoms with Crippen molar-refractivity contribution in [2.24, 2.45) is 11.0 Å². The number of rotatable bonds is 2. The molecule has 0 saturated heterocycles. The Labute approximate surface area is 76.0 Å². The van der Waals surface area contributed by atoms with Gasteiger partial charge in [0.1, 0.15) is 10.7 Å². The van der Waals surface area contributed by atoms with Crippen LogP contribution in [0.5, 0.6) is 0 Å². The third-order valence-corrected chi connectivity index (χ3v) is 2.54. The zero-order valence-electron chi connectivity index (χ0n) is 6.98. The molecule has 6 nitrogen and oxygen atoms in total. The lowest BCUT2D eigenvalue weighted by molar-refractivity contribution is 0.596. The minimum absolute atomic E-state index is 0.00602. The van der Waals surface area contributed by atoms with Gasteiger partial charge in [0.05, 0.1) is 5.69 Å². The summed E-state index contributed by atoms with van der Waals surface area (Å²) >= 11 is 0. The molecule has 0 aliphatic heterocycles. The van der Waals surface area contributed by atoms with Crippen molar-refractivity contribution in [1.82, 2.24) is 4.98 Å². The van der Waals surface area contributed by atoms with Gasteiger partial charge in [-0.15, -0.1) is 0 Å². The molecule has 1 rings (SSSR count). The van der Waals surface area contributed by atoms with Gasteiger partial charge in [-0.2, -0.15) is 0 Å². The van der Waals surface area contributed by atoms with Crippen LogP contribution in [0.1, 0.15) is 5.69 Å². The van der Waals surface area contributed by atoms with E-state index in [4.69, 9.17) is 11.0 Å². The smallest absolute Gasteiger partial charge is 0.239 e. The molecule has 13 heavy (non-hydrogen) atoms. The molecule has 1 aromatic heterocycles. The van der Waals surface area contributed by atoms with Crippen molar-refractivity contribution in [2.75, 3.05) is 5.43 Å². The van der Waals surface area contributed by atoms with E-state index in [0.29, 0.717) is 11.5 Å². The maximum absolute atomic E-state index is 10.9. The number of nitrogens with zero attached hydrogens (tertiary/aromatic N) is 1. The second-order valence-corrected chi connectivity index (χ2v) is 4.00. The second kappa shape index (κ2) is 3.29. The molecule has 0 aliphatic carbocycles. The van der Waals surface area contributed by atoms with Crippen LogP contribution < -0.4 is 16.4 Å². The highest BCUT2D eigenvalue weighted by Gasteiger charge is 2.12. The maximum Gasteiger partial charge on any atom is 0.239 e. The van der Waals surface area contributed by atoms with Crippen LogP contribution >= 0.6 is 0 Å². The first-order valence-corrected chi connectivity index (χ1v) is 4.97. The molecule has 5 N–H and O–H groups in total. The molecule has 0 bridgehead atoms. The van der Waals surface area contributed by atoms with Crippen LogP contribution in [0.25, 0.3) is 0 Å². The molecular formula is C6H10N4O2S. The lowest BCUT2D eigenvalue weighted by Crippen LogP contribution is -2.16. The molecule has 0 spiro atoms. The molecule has 0 amide bonds. The van der Waals surface area contributed by atoms with E-state index in [0.717, 1.165) is 0 Å². The number of sulfonamides is 1. The summed E-state index contributed by atoms with van der Waals surface area (Å²) in [5, 5.41) is 4.93. The summed E-state index contributed by atoms with van der Waals surface area (Å²) in [6, 6.07) is 2.79. The summed E-state index contributed by atoms with van der Waals surface area (Å²) in [7, 11) is -3.69. The normalized spacial score (nSPS) is 11.3. The van der Waals surface area contributed by atoms with Crippen molar-refractivity contribution < 1.29 is 8.42 Å². The highest BCUT2D eigenvalue weighted by Crippen LogP contribution is 2.13. The third-order valence-electron chi connectivity index (χ3n) is 1.49. The van der Waals surface area contributed by atoms with Crippen LogP contribution in [-0.2, 0) is 10.0 Å². The van der Waals surface area contributed by atoms with Gasteiger partial charge in [0, 0.05) is 0 Å². The second-order valence-electron chi connectivity index (χ2n) is 2.47. The highest BCUT2D eigenvalue weighted by atomic mass is 32.2. The Bertz CT molecular complexity index is 415. The van der Waals surface area contributed by atoms with E-state index in [1.54, 1.807) is 6.92 Å². The number of aryl methyl sites for hydroxylation is 1. The number of primary sulfonamides is 1. The van der Waals surface area contributed by atoms with Gasteiger partial charge in [0.15, 0.2) is 0 Å². The van der Waals surface area contributed by atoms with Crippen LogP contribution in [0, 0.1) is 6.92 Å². The summed E-state index contributed by atoms with van der Waals surface area (Å²) < 4.78 is 21.9. The van der Waals surface area contributed by atoms with Crippen LogP contribution in [-0.4, -0.2) is 13.4 Å². The molecule has 1 heterocycles. The van der Waals surface area contributed by atoms with E-state index >= 15 is 0 Å². The predicted molar refractivity (Wildman–Crippen MR) is 48.2 cm³/mol. The summed E-state index contributed by atoms with van der Waals surface area (Å²) in [6.45, 7) is 1.54. The van der Waals surface area contributed by atoms with Gasteiger partial charge < -0.3 is 5.43 Å². The first-order chi connectivity index (χ1) is 5.95. The molecular weight excluding hydrogens is 192 g/mol. The number of hydrazine groups is 1. The average molecular weight is 202 g/mol. The first kappa shape index (κ1) is 9.90. The number of pyridine rings is 1. The van der Waals surface area contributed by atoms with Gasteiger partial charge in [-0.05, 0) is 19.1 Å². The van der Waals surface area contributed by atoms with Crippen molar-refractivity contribution in [3.05, 3.63) is 17.8 Å². The predicted octanol–water partition coefficient (Wildman–Crippen LogP) is -0.677. The van der Waals surface area contributed by atoms with Crippen LogP contribution in [0.2, 0.25) is 0 Å². The number of nitrogen functional groups attached to an aromatic ring is 1. The monoisotopic (exact) mass is 202 g/mol. The average Bonchev–Trinajstić information content (AvgIpc) is 2.01. The van der Waals surface area contributed by atoms with Gasteiger partial charge in [0.25, 0.3) is 0 Å². The molecule has 7 heteroatoms. The molecule has 72 valence electrons. The van der Waals surface area contributed by atoms with E-state index in [-0.39, 0.29) is 4.90 Å². The molecule has 0 aliphatic rings. The minimum atomic E-state index is -3.69. The van der Waals surface area contributed by atoms with Crippen molar-refractivity contribution >= 4 is 15.8 Å².